The monoisotopic (exact) mass is 380 g/mol. The molecular weight excluding hydrogens is 356 g/mol. The van der Waals surface area contributed by atoms with Gasteiger partial charge in [-0.3, -0.25) is 10.1 Å². The molecule has 9 nitrogen and oxygen atoms in total. The molecule has 1 saturated heterocycles. The lowest BCUT2D eigenvalue weighted by atomic mass is 9.98. The molecule has 28 heavy (non-hydrogen) atoms. The highest BCUT2D eigenvalue weighted by Crippen LogP contribution is 2.23. The molecule has 1 aliphatic rings. The maximum absolute atomic E-state index is 12.6. The van der Waals surface area contributed by atoms with Gasteiger partial charge in [0.2, 0.25) is 5.95 Å². The third-order valence-corrected chi connectivity index (χ3v) is 4.95. The van der Waals surface area contributed by atoms with Gasteiger partial charge in [-0.25, -0.2) is 14.3 Å². The number of aryl methyl sites for hydroxylation is 3. The van der Waals surface area contributed by atoms with Gasteiger partial charge in [0, 0.05) is 24.9 Å². The third kappa shape index (κ3) is 3.65. The number of hydrogen-bond donors (Lipinski definition) is 2. The van der Waals surface area contributed by atoms with E-state index in [4.69, 9.17) is 0 Å². The highest BCUT2D eigenvalue weighted by Gasteiger charge is 2.21. The second-order valence-corrected chi connectivity index (χ2v) is 7.14. The number of hydrogen-bond acceptors (Lipinski definition) is 6. The molecule has 4 heterocycles. The van der Waals surface area contributed by atoms with Crippen molar-refractivity contribution in [2.75, 3.05) is 18.4 Å². The average molecular weight is 380 g/mol. The summed E-state index contributed by atoms with van der Waals surface area (Å²) in [6.45, 7) is 5.84. The molecule has 0 spiro atoms. The first-order valence-corrected chi connectivity index (χ1v) is 9.44. The zero-order valence-electron chi connectivity index (χ0n) is 16.3. The Kier molecular flexibility index (Phi) is 4.91. The summed E-state index contributed by atoms with van der Waals surface area (Å²) >= 11 is 0. The van der Waals surface area contributed by atoms with Gasteiger partial charge in [-0.15, -0.1) is 0 Å². The molecule has 0 aromatic carbocycles. The summed E-state index contributed by atoms with van der Waals surface area (Å²) in [6.07, 6.45) is 3.56. The molecule has 3 aromatic rings. The predicted molar refractivity (Wildman–Crippen MR) is 105 cm³/mol. The zero-order valence-corrected chi connectivity index (χ0v) is 16.3. The molecular formula is C19H24N8O. The largest absolute Gasteiger partial charge is 0.317 e. The molecule has 0 radical (unpaired) electrons. The molecule has 0 bridgehead atoms. The molecule has 0 saturated carbocycles. The molecule has 1 fully saturated rings. The fourth-order valence-corrected chi connectivity index (χ4v) is 3.45. The van der Waals surface area contributed by atoms with E-state index in [9.17, 15) is 4.79 Å². The lowest BCUT2D eigenvalue weighted by Crippen LogP contribution is -2.27. The highest BCUT2D eigenvalue weighted by molar-refractivity contribution is 6.03. The number of amides is 1. The van der Waals surface area contributed by atoms with Crippen LogP contribution in [0.1, 0.15) is 46.3 Å². The van der Waals surface area contributed by atoms with Crippen LogP contribution >= 0.6 is 0 Å². The first kappa shape index (κ1) is 18.3. The van der Waals surface area contributed by atoms with E-state index in [0.717, 1.165) is 43.1 Å². The number of anilines is 1. The van der Waals surface area contributed by atoms with Crippen molar-refractivity contribution in [3.8, 4) is 5.82 Å². The Morgan fingerprint density at radius 3 is 2.64 bits per heavy atom. The van der Waals surface area contributed by atoms with E-state index in [1.807, 2.05) is 19.9 Å². The Morgan fingerprint density at radius 1 is 1.21 bits per heavy atom. The summed E-state index contributed by atoms with van der Waals surface area (Å²) in [7, 11) is 1.79. The van der Waals surface area contributed by atoms with E-state index in [1.54, 1.807) is 34.7 Å². The number of aromatic nitrogens is 6. The van der Waals surface area contributed by atoms with Crippen LogP contribution in [0.4, 0.5) is 5.95 Å². The van der Waals surface area contributed by atoms with E-state index >= 15 is 0 Å². The quantitative estimate of drug-likeness (QED) is 0.715. The maximum Gasteiger partial charge on any atom is 0.259 e. The SMILES string of the molecule is Cc1cc(C)n(-c2ccc(C(=O)Nc3nc(C4CCNCC4)nn3C)cn2)n1. The second kappa shape index (κ2) is 7.51. The number of nitrogens with one attached hydrogen (secondary N) is 2. The standard InChI is InChI=1S/C19H24N8O/c1-12-10-13(2)27(24-12)16-5-4-15(11-21-16)18(28)23-19-22-17(25-26(19)3)14-6-8-20-9-7-14/h4-5,10-11,14,20H,6-9H2,1-3H3,(H,22,23,25,28). The van der Waals surface area contributed by atoms with E-state index in [-0.39, 0.29) is 5.91 Å². The number of nitrogens with zero attached hydrogens (tertiary/aromatic N) is 6. The zero-order chi connectivity index (χ0) is 19.7. The molecule has 3 aromatic heterocycles. The Morgan fingerprint density at radius 2 is 2.00 bits per heavy atom. The number of rotatable bonds is 4. The van der Waals surface area contributed by atoms with Gasteiger partial charge in [-0.05, 0) is 58.0 Å². The summed E-state index contributed by atoms with van der Waals surface area (Å²) in [4.78, 5) is 21.5. The molecule has 0 unspecified atom stereocenters. The third-order valence-electron chi connectivity index (χ3n) is 4.95. The van der Waals surface area contributed by atoms with Crippen molar-refractivity contribution in [2.45, 2.75) is 32.6 Å². The van der Waals surface area contributed by atoms with Gasteiger partial charge in [0.25, 0.3) is 5.91 Å². The smallest absolute Gasteiger partial charge is 0.259 e. The van der Waals surface area contributed by atoms with Crippen LogP contribution in [-0.2, 0) is 7.05 Å². The Hall–Kier alpha value is -3.07. The summed E-state index contributed by atoms with van der Waals surface area (Å²) < 4.78 is 3.37. The molecule has 4 rings (SSSR count). The highest BCUT2D eigenvalue weighted by atomic mass is 16.1. The van der Waals surface area contributed by atoms with Gasteiger partial charge in [0.05, 0.1) is 11.3 Å². The van der Waals surface area contributed by atoms with Crippen LogP contribution in [0.2, 0.25) is 0 Å². The summed E-state index contributed by atoms with van der Waals surface area (Å²) in [5.41, 5.74) is 2.37. The molecule has 146 valence electrons. The molecule has 1 amide bonds. The van der Waals surface area contributed by atoms with Crippen molar-refractivity contribution in [2.24, 2.45) is 7.05 Å². The maximum atomic E-state index is 12.6. The molecule has 0 atom stereocenters. The Bertz CT molecular complexity index is 982. The van der Waals surface area contributed by atoms with Gasteiger partial charge in [-0.1, -0.05) is 0 Å². The van der Waals surface area contributed by atoms with Crippen molar-refractivity contribution in [1.29, 1.82) is 0 Å². The van der Waals surface area contributed by atoms with Crippen LogP contribution in [0.5, 0.6) is 0 Å². The second-order valence-electron chi connectivity index (χ2n) is 7.14. The lowest BCUT2D eigenvalue weighted by Gasteiger charge is -2.19. The lowest BCUT2D eigenvalue weighted by molar-refractivity contribution is 0.102. The van der Waals surface area contributed by atoms with E-state index in [2.05, 4.69) is 30.8 Å². The van der Waals surface area contributed by atoms with Crippen molar-refractivity contribution < 1.29 is 4.79 Å². The normalized spacial score (nSPS) is 15.0. The number of carbonyl (C=O) groups excluding carboxylic acids is 1. The van der Waals surface area contributed by atoms with Crippen LogP contribution < -0.4 is 10.6 Å². The van der Waals surface area contributed by atoms with Crippen LogP contribution in [-0.4, -0.2) is 48.5 Å². The first-order valence-electron chi connectivity index (χ1n) is 9.44. The predicted octanol–water partition coefficient (Wildman–Crippen LogP) is 1.73. The van der Waals surface area contributed by atoms with Crippen LogP contribution in [0.15, 0.2) is 24.4 Å². The van der Waals surface area contributed by atoms with Gasteiger partial charge in [0.1, 0.15) is 0 Å². The molecule has 0 aliphatic carbocycles. The number of carbonyl (C=O) groups is 1. The van der Waals surface area contributed by atoms with E-state index < -0.39 is 0 Å². The van der Waals surface area contributed by atoms with Crippen molar-refractivity contribution in [1.82, 2.24) is 34.8 Å². The van der Waals surface area contributed by atoms with Gasteiger partial charge >= 0.3 is 0 Å². The minimum atomic E-state index is -0.264. The summed E-state index contributed by atoms with van der Waals surface area (Å²) in [5.74, 6) is 1.98. The fourth-order valence-electron chi connectivity index (χ4n) is 3.45. The molecule has 2 N–H and O–H groups in total. The Labute approximate surface area is 163 Å². The summed E-state index contributed by atoms with van der Waals surface area (Å²) in [6, 6.07) is 5.50. The molecule has 1 aliphatic heterocycles. The van der Waals surface area contributed by atoms with Crippen LogP contribution in [0, 0.1) is 13.8 Å². The summed E-state index contributed by atoms with van der Waals surface area (Å²) in [5, 5.41) is 15.1. The van der Waals surface area contributed by atoms with Crippen molar-refractivity contribution >= 4 is 11.9 Å². The van der Waals surface area contributed by atoms with E-state index in [1.165, 1.54) is 0 Å². The van der Waals surface area contributed by atoms with Gasteiger partial charge < -0.3 is 5.32 Å². The van der Waals surface area contributed by atoms with Gasteiger partial charge in [0.15, 0.2) is 11.6 Å². The molecule has 9 heteroatoms. The minimum absolute atomic E-state index is 0.264. The topological polar surface area (TPSA) is 103 Å². The van der Waals surface area contributed by atoms with E-state index in [0.29, 0.717) is 23.2 Å². The van der Waals surface area contributed by atoms with Crippen molar-refractivity contribution in [3.05, 3.63) is 47.2 Å². The number of piperidine rings is 1. The minimum Gasteiger partial charge on any atom is -0.317 e. The van der Waals surface area contributed by atoms with Crippen LogP contribution in [0.25, 0.3) is 5.82 Å². The average Bonchev–Trinajstić information content (AvgIpc) is 3.24. The first-order chi connectivity index (χ1) is 13.5. The number of pyridine rings is 1. The van der Waals surface area contributed by atoms with Crippen LogP contribution in [0.3, 0.4) is 0 Å². The fraction of sp³-hybridized carbons (Fsp3) is 0.421. The van der Waals surface area contributed by atoms with Gasteiger partial charge in [-0.2, -0.15) is 15.2 Å². The Balaban J connectivity index is 1.48. The van der Waals surface area contributed by atoms with Crippen molar-refractivity contribution in [3.63, 3.8) is 0 Å².